The Labute approximate surface area is 72.1 Å². The van der Waals surface area contributed by atoms with Crippen LogP contribution in [0.5, 0.6) is 0 Å². The molecule has 0 aliphatic heterocycles. The zero-order chi connectivity index (χ0) is 8.85. The van der Waals surface area contributed by atoms with Crippen molar-refractivity contribution >= 4 is 32.9 Å². The minimum absolute atomic E-state index is 0.483. The number of ether oxygens (including phenoxy) is 1. The zero-order valence-electron chi connectivity index (χ0n) is 6.07. The van der Waals surface area contributed by atoms with E-state index >= 15 is 0 Å². The van der Waals surface area contributed by atoms with Crippen LogP contribution in [-0.4, -0.2) is 28.7 Å². The number of methoxy groups -OCH3 is 1. The van der Waals surface area contributed by atoms with Gasteiger partial charge in [0.1, 0.15) is 5.25 Å². The molecule has 0 fully saturated rings. The van der Waals surface area contributed by atoms with E-state index in [0.29, 0.717) is 0 Å². The molecule has 0 saturated heterocycles. The van der Waals surface area contributed by atoms with E-state index < -0.39 is 16.5 Å². The van der Waals surface area contributed by atoms with E-state index in [2.05, 4.69) is 4.74 Å². The van der Waals surface area contributed by atoms with Crippen LogP contribution in [0.1, 0.15) is 6.92 Å². The molecule has 4 nitrogen and oxygen atoms in total. The number of hydrogen-bond donors (Lipinski definition) is 1. The summed E-state index contributed by atoms with van der Waals surface area (Å²) in [7, 11) is 3.00. The molecule has 0 aromatic carbocycles. The lowest BCUT2D eigenvalue weighted by Gasteiger charge is -2.01. The van der Waals surface area contributed by atoms with Crippen LogP contribution in [-0.2, 0) is 9.53 Å². The summed E-state index contributed by atoms with van der Waals surface area (Å²) in [6, 6.07) is 0. The highest BCUT2D eigenvalue weighted by atomic mass is 33.1. The molecule has 64 valence electrons. The highest BCUT2D eigenvalue weighted by Crippen LogP contribution is 2.27. The van der Waals surface area contributed by atoms with Crippen LogP contribution >= 0.6 is 21.6 Å². The summed E-state index contributed by atoms with van der Waals surface area (Å²) >= 11 is 0. The lowest BCUT2D eigenvalue weighted by atomic mass is 10.5. The average Bonchev–Trinajstić information content (AvgIpc) is 1.99. The van der Waals surface area contributed by atoms with Crippen molar-refractivity contribution in [3.63, 3.8) is 0 Å². The normalized spacial score (nSPS) is 12.2. The van der Waals surface area contributed by atoms with Crippen molar-refractivity contribution in [1.82, 2.24) is 0 Å². The molecule has 0 bridgehead atoms. The highest BCUT2D eigenvalue weighted by molar-refractivity contribution is 8.82. The third-order valence-corrected chi connectivity index (χ3v) is 3.23. The minimum atomic E-state index is -0.939. The number of aliphatic carboxylic acids is 1. The molecule has 1 atom stereocenters. The zero-order valence-corrected chi connectivity index (χ0v) is 7.70. The molecule has 11 heavy (non-hydrogen) atoms. The SMILES string of the molecule is COC(=O)SSC(C)C(=O)O. The van der Waals surface area contributed by atoms with Gasteiger partial charge in [0, 0.05) is 10.8 Å². The molecule has 1 N–H and O–H groups in total. The number of rotatable bonds is 3. The Morgan fingerprint density at radius 3 is 2.45 bits per heavy atom. The first-order chi connectivity index (χ1) is 5.07. The molecule has 0 aliphatic carbocycles. The summed E-state index contributed by atoms with van der Waals surface area (Å²) in [5.74, 6) is -0.939. The quantitative estimate of drug-likeness (QED) is 0.546. The fraction of sp³-hybridized carbons (Fsp3) is 0.600. The van der Waals surface area contributed by atoms with Gasteiger partial charge >= 0.3 is 11.3 Å². The Bertz CT molecular complexity index is 159. The van der Waals surface area contributed by atoms with E-state index in [0.717, 1.165) is 21.6 Å². The first-order valence-corrected chi connectivity index (χ1v) is 4.93. The fourth-order valence-electron chi connectivity index (χ4n) is 0.187. The molecule has 6 heteroatoms. The molecular formula is C5H8O4S2. The van der Waals surface area contributed by atoms with Gasteiger partial charge in [0.15, 0.2) is 0 Å². The number of carboxylic acid groups (broad SMARTS) is 1. The van der Waals surface area contributed by atoms with E-state index in [1.54, 1.807) is 0 Å². The third kappa shape index (κ3) is 4.97. The maximum absolute atomic E-state index is 10.5. The van der Waals surface area contributed by atoms with E-state index in [9.17, 15) is 9.59 Å². The van der Waals surface area contributed by atoms with Gasteiger partial charge in [-0.1, -0.05) is 10.8 Å². The largest absolute Gasteiger partial charge is 0.480 e. The van der Waals surface area contributed by atoms with Crippen LogP contribution in [0.3, 0.4) is 0 Å². The molecule has 0 aromatic rings. The lowest BCUT2D eigenvalue weighted by molar-refractivity contribution is -0.136. The van der Waals surface area contributed by atoms with Crippen molar-refractivity contribution in [2.75, 3.05) is 7.11 Å². The molecular weight excluding hydrogens is 188 g/mol. The maximum atomic E-state index is 10.5. The molecule has 0 rings (SSSR count). The molecule has 0 aromatic heterocycles. The van der Waals surface area contributed by atoms with Crippen LogP contribution in [0, 0.1) is 0 Å². The summed E-state index contributed by atoms with van der Waals surface area (Å²) in [4.78, 5) is 20.7. The van der Waals surface area contributed by atoms with E-state index in [1.807, 2.05) is 0 Å². The van der Waals surface area contributed by atoms with E-state index in [1.165, 1.54) is 14.0 Å². The van der Waals surface area contributed by atoms with Gasteiger partial charge in [-0.2, -0.15) is 0 Å². The second-order valence-electron chi connectivity index (χ2n) is 1.61. The fourth-order valence-corrected chi connectivity index (χ4v) is 1.68. The lowest BCUT2D eigenvalue weighted by Crippen LogP contribution is -2.10. The molecule has 0 spiro atoms. The monoisotopic (exact) mass is 196 g/mol. The molecule has 0 aliphatic rings. The Kier molecular flexibility index (Phi) is 5.14. The first kappa shape index (κ1) is 10.6. The minimum Gasteiger partial charge on any atom is -0.480 e. The second kappa shape index (κ2) is 5.31. The van der Waals surface area contributed by atoms with Gasteiger partial charge < -0.3 is 9.84 Å². The van der Waals surface area contributed by atoms with Crippen LogP contribution in [0.25, 0.3) is 0 Å². The van der Waals surface area contributed by atoms with Gasteiger partial charge in [0.2, 0.25) is 0 Å². The van der Waals surface area contributed by atoms with Crippen molar-refractivity contribution in [2.24, 2.45) is 0 Å². The smallest absolute Gasteiger partial charge is 0.377 e. The summed E-state index contributed by atoms with van der Waals surface area (Å²) < 4.78 is 4.29. The molecule has 0 amide bonds. The number of hydrogen-bond acceptors (Lipinski definition) is 5. The number of carbonyl (C=O) groups is 2. The maximum Gasteiger partial charge on any atom is 0.377 e. The molecule has 0 heterocycles. The van der Waals surface area contributed by atoms with Crippen molar-refractivity contribution in [3.8, 4) is 0 Å². The topological polar surface area (TPSA) is 63.6 Å². The summed E-state index contributed by atoms with van der Waals surface area (Å²) in [5, 5.41) is 7.30. The van der Waals surface area contributed by atoms with Gasteiger partial charge in [-0.15, -0.1) is 0 Å². The van der Waals surface area contributed by atoms with Gasteiger partial charge in [-0.3, -0.25) is 4.79 Å². The molecule has 0 saturated carbocycles. The Morgan fingerprint density at radius 2 is 2.09 bits per heavy atom. The second-order valence-corrected chi connectivity index (χ2v) is 4.09. The van der Waals surface area contributed by atoms with Crippen molar-refractivity contribution in [2.45, 2.75) is 12.2 Å². The molecule has 0 radical (unpaired) electrons. The summed E-state index contributed by atoms with van der Waals surface area (Å²) in [6.45, 7) is 1.50. The van der Waals surface area contributed by atoms with Gasteiger partial charge in [-0.05, 0) is 6.92 Å². The summed E-state index contributed by atoms with van der Waals surface area (Å²) in [5.41, 5.74) is 0. The van der Waals surface area contributed by atoms with E-state index in [-0.39, 0.29) is 0 Å². The van der Waals surface area contributed by atoms with Crippen molar-refractivity contribution < 1.29 is 19.4 Å². The van der Waals surface area contributed by atoms with Crippen LogP contribution in [0.4, 0.5) is 4.79 Å². The van der Waals surface area contributed by atoms with Crippen molar-refractivity contribution in [1.29, 1.82) is 0 Å². The average molecular weight is 196 g/mol. The van der Waals surface area contributed by atoms with Crippen LogP contribution in [0.15, 0.2) is 0 Å². The Balaban J connectivity index is 3.54. The highest BCUT2D eigenvalue weighted by Gasteiger charge is 2.14. The third-order valence-electron chi connectivity index (χ3n) is 0.775. The van der Waals surface area contributed by atoms with Crippen LogP contribution in [0.2, 0.25) is 0 Å². The Morgan fingerprint density at radius 1 is 1.55 bits per heavy atom. The van der Waals surface area contributed by atoms with Gasteiger partial charge in [0.05, 0.1) is 7.11 Å². The number of carboxylic acids is 1. The number of carbonyl (C=O) groups excluding carboxylic acids is 1. The summed E-state index contributed by atoms with van der Waals surface area (Å²) in [6.07, 6.45) is 0. The molecule has 1 unspecified atom stereocenters. The predicted octanol–water partition coefficient (Wildman–Crippen LogP) is 1.61. The van der Waals surface area contributed by atoms with Gasteiger partial charge in [0.25, 0.3) is 0 Å². The standard InChI is InChI=1S/C5H8O4S2/c1-3(4(6)7)10-11-5(8)9-2/h3H,1-2H3,(H,6,7). The Hall–Kier alpha value is -0.360. The first-order valence-electron chi connectivity index (χ1n) is 2.72. The van der Waals surface area contributed by atoms with Crippen molar-refractivity contribution in [3.05, 3.63) is 0 Å². The predicted molar refractivity (Wildman–Crippen MR) is 44.7 cm³/mol. The van der Waals surface area contributed by atoms with Gasteiger partial charge in [-0.25, -0.2) is 4.79 Å². The van der Waals surface area contributed by atoms with Crippen LogP contribution < -0.4 is 0 Å². The van der Waals surface area contributed by atoms with E-state index in [4.69, 9.17) is 5.11 Å².